The van der Waals surface area contributed by atoms with Crippen LogP contribution in [-0.2, 0) is 19.6 Å². The lowest BCUT2D eigenvalue weighted by atomic mass is 10.0. The molecular weight excluding hydrogens is 426 g/mol. The molecule has 0 bridgehead atoms. The lowest BCUT2D eigenvalue weighted by Gasteiger charge is -2.20. The average Bonchev–Trinajstić information content (AvgIpc) is 2.73. The first-order valence-electron chi connectivity index (χ1n) is 9.35. The lowest BCUT2D eigenvalue weighted by molar-refractivity contribution is -0.143. The van der Waals surface area contributed by atoms with Gasteiger partial charge in [0.15, 0.2) is 0 Å². The highest BCUT2D eigenvalue weighted by atomic mass is 35.5. The van der Waals surface area contributed by atoms with Gasteiger partial charge in [-0.1, -0.05) is 48.0 Å². The van der Waals surface area contributed by atoms with Crippen molar-refractivity contribution in [2.24, 2.45) is 0 Å². The Morgan fingerprint density at radius 1 is 1.03 bits per heavy atom. The second kappa shape index (κ2) is 9.47. The molecule has 1 N–H and O–H groups in total. The molecule has 0 radical (unpaired) electrons. The third kappa shape index (κ3) is 4.92. The number of carbonyl (C=O) groups is 1. The number of halogens is 1. The number of hydrogen-bond acceptors (Lipinski definition) is 5. The molecule has 158 valence electrons. The van der Waals surface area contributed by atoms with Gasteiger partial charge in [0.25, 0.3) is 0 Å². The van der Waals surface area contributed by atoms with Crippen molar-refractivity contribution in [2.75, 3.05) is 13.7 Å². The highest BCUT2D eigenvalue weighted by Gasteiger charge is 2.26. The molecule has 3 aromatic carbocycles. The molecule has 0 spiro atoms. The molecule has 0 heterocycles. The minimum Gasteiger partial charge on any atom is -0.497 e. The first-order chi connectivity index (χ1) is 14.4. The minimum atomic E-state index is -3.97. The van der Waals surface area contributed by atoms with Gasteiger partial charge >= 0.3 is 5.97 Å². The van der Waals surface area contributed by atoms with Crippen LogP contribution in [0.15, 0.2) is 65.6 Å². The van der Waals surface area contributed by atoms with Crippen LogP contribution in [0.5, 0.6) is 5.75 Å². The highest BCUT2D eigenvalue weighted by molar-refractivity contribution is 7.89. The number of fused-ring (bicyclic) bond motifs is 1. The summed E-state index contributed by atoms with van der Waals surface area (Å²) in [5.74, 6) is 0.127. The summed E-state index contributed by atoms with van der Waals surface area (Å²) in [5.41, 5.74) is 0.616. The van der Waals surface area contributed by atoms with E-state index in [1.165, 1.54) is 6.07 Å². The maximum Gasteiger partial charge on any atom is 0.307 e. The SMILES string of the molecule is CCOC(=O)CC(NS(=O)(=O)c1ccc(Cl)c2ccccc12)c1ccc(OC)cc1. The van der Waals surface area contributed by atoms with Crippen LogP contribution in [0.1, 0.15) is 24.9 Å². The summed E-state index contributed by atoms with van der Waals surface area (Å²) in [5, 5.41) is 1.60. The number of carbonyl (C=O) groups excluding carboxylic acids is 1. The van der Waals surface area contributed by atoms with E-state index >= 15 is 0 Å². The fraction of sp³-hybridized carbons (Fsp3) is 0.227. The highest BCUT2D eigenvalue weighted by Crippen LogP contribution is 2.31. The molecule has 0 aliphatic carbocycles. The summed E-state index contributed by atoms with van der Waals surface area (Å²) >= 11 is 6.22. The van der Waals surface area contributed by atoms with E-state index in [0.717, 1.165) is 0 Å². The van der Waals surface area contributed by atoms with E-state index in [1.54, 1.807) is 68.6 Å². The molecule has 0 aliphatic rings. The smallest absolute Gasteiger partial charge is 0.307 e. The molecule has 0 saturated heterocycles. The zero-order valence-corrected chi connectivity index (χ0v) is 18.2. The van der Waals surface area contributed by atoms with E-state index < -0.39 is 22.0 Å². The Labute approximate surface area is 180 Å². The molecule has 0 aliphatic heterocycles. The second-order valence-corrected chi connectivity index (χ2v) is 8.64. The number of sulfonamides is 1. The van der Waals surface area contributed by atoms with E-state index in [0.29, 0.717) is 27.1 Å². The van der Waals surface area contributed by atoms with Gasteiger partial charge in [0, 0.05) is 15.8 Å². The van der Waals surface area contributed by atoms with Crippen molar-refractivity contribution < 1.29 is 22.7 Å². The van der Waals surface area contributed by atoms with Crippen LogP contribution in [0.4, 0.5) is 0 Å². The molecule has 0 fully saturated rings. The number of benzene rings is 3. The van der Waals surface area contributed by atoms with Gasteiger partial charge in [-0.2, -0.15) is 0 Å². The van der Waals surface area contributed by atoms with Crippen molar-refractivity contribution in [3.05, 3.63) is 71.2 Å². The third-order valence-electron chi connectivity index (χ3n) is 4.61. The predicted molar refractivity (Wildman–Crippen MR) is 116 cm³/mol. The zero-order chi connectivity index (χ0) is 21.7. The number of ether oxygens (including phenoxy) is 2. The van der Waals surface area contributed by atoms with Crippen molar-refractivity contribution in [2.45, 2.75) is 24.3 Å². The fourth-order valence-electron chi connectivity index (χ4n) is 3.17. The van der Waals surface area contributed by atoms with Gasteiger partial charge in [-0.15, -0.1) is 0 Å². The number of esters is 1. The second-order valence-electron chi connectivity index (χ2n) is 6.55. The summed E-state index contributed by atoms with van der Waals surface area (Å²) in [4.78, 5) is 12.2. The van der Waals surface area contributed by atoms with Gasteiger partial charge in [-0.05, 0) is 36.8 Å². The molecule has 0 aromatic heterocycles. The molecule has 1 unspecified atom stereocenters. The fourth-order valence-corrected chi connectivity index (χ4v) is 4.83. The zero-order valence-electron chi connectivity index (χ0n) is 16.6. The summed E-state index contributed by atoms with van der Waals surface area (Å²) in [6.07, 6.45) is -0.148. The van der Waals surface area contributed by atoms with E-state index in [2.05, 4.69) is 4.72 Å². The normalized spacial score (nSPS) is 12.5. The van der Waals surface area contributed by atoms with Gasteiger partial charge in [0.05, 0.1) is 31.1 Å². The predicted octanol–water partition coefficient (Wildman–Crippen LogP) is 4.47. The molecule has 6 nitrogen and oxygen atoms in total. The summed E-state index contributed by atoms with van der Waals surface area (Å²) in [7, 11) is -2.43. The maximum absolute atomic E-state index is 13.3. The first kappa shape index (κ1) is 22.1. The molecule has 1 atom stereocenters. The van der Waals surface area contributed by atoms with Gasteiger partial charge in [0.1, 0.15) is 5.75 Å². The van der Waals surface area contributed by atoms with Crippen LogP contribution in [0, 0.1) is 0 Å². The topological polar surface area (TPSA) is 81.7 Å². The van der Waals surface area contributed by atoms with Crippen molar-refractivity contribution >= 4 is 38.4 Å². The first-order valence-corrected chi connectivity index (χ1v) is 11.2. The van der Waals surface area contributed by atoms with Crippen LogP contribution < -0.4 is 9.46 Å². The lowest BCUT2D eigenvalue weighted by Crippen LogP contribution is -2.31. The van der Waals surface area contributed by atoms with Gasteiger partial charge in [0.2, 0.25) is 10.0 Å². The van der Waals surface area contributed by atoms with E-state index in [9.17, 15) is 13.2 Å². The van der Waals surface area contributed by atoms with Gasteiger partial charge in [-0.25, -0.2) is 13.1 Å². The standard InChI is InChI=1S/C22H22ClNO5S/c1-3-29-22(25)14-20(15-8-10-16(28-2)11-9-15)24-30(26,27)21-13-12-19(23)17-6-4-5-7-18(17)21/h4-13,20,24H,3,14H2,1-2H3. The molecule has 30 heavy (non-hydrogen) atoms. The number of hydrogen-bond donors (Lipinski definition) is 1. The molecule has 8 heteroatoms. The Morgan fingerprint density at radius 2 is 1.70 bits per heavy atom. The minimum absolute atomic E-state index is 0.0878. The Hall–Kier alpha value is -2.61. The van der Waals surface area contributed by atoms with E-state index in [4.69, 9.17) is 21.1 Å². The molecular formula is C22H22ClNO5S. The summed E-state index contributed by atoms with van der Waals surface area (Å²) in [6.45, 7) is 1.91. The van der Waals surface area contributed by atoms with Crippen LogP contribution >= 0.6 is 11.6 Å². The van der Waals surface area contributed by atoms with Crippen molar-refractivity contribution in [1.29, 1.82) is 0 Å². The third-order valence-corrected chi connectivity index (χ3v) is 6.47. The van der Waals surface area contributed by atoms with Gasteiger partial charge < -0.3 is 9.47 Å². The average molecular weight is 448 g/mol. The summed E-state index contributed by atoms with van der Waals surface area (Å²) in [6, 6.07) is 16.0. The Balaban J connectivity index is 2.00. The Kier molecular flexibility index (Phi) is 6.97. The number of nitrogens with one attached hydrogen (secondary N) is 1. The number of rotatable bonds is 8. The monoisotopic (exact) mass is 447 g/mol. The number of methoxy groups -OCH3 is 1. The van der Waals surface area contributed by atoms with Crippen LogP contribution in [-0.4, -0.2) is 28.1 Å². The van der Waals surface area contributed by atoms with Crippen molar-refractivity contribution in [1.82, 2.24) is 4.72 Å². The van der Waals surface area contributed by atoms with E-state index in [-0.39, 0.29) is 17.9 Å². The quantitative estimate of drug-likeness (QED) is 0.515. The van der Waals surface area contributed by atoms with Crippen LogP contribution in [0.25, 0.3) is 10.8 Å². The largest absolute Gasteiger partial charge is 0.497 e. The molecule has 0 amide bonds. The Morgan fingerprint density at radius 3 is 2.33 bits per heavy atom. The molecule has 0 saturated carbocycles. The molecule has 3 rings (SSSR count). The molecule has 3 aromatic rings. The Bertz CT molecular complexity index is 1150. The van der Waals surface area contributed by atoms with Crippen molar-refractivity contribution in [3.8, 4) is 5.75 Å². The van der Waals surface area contributed by atoms with Crippen LogP contribution in [0.3, 0.4) is 0 Å². The van der Waals surface area contributed by atoms with E-state index in [1.807, 2.05) is 0 Å². The van der Waals surface area contributed by atoms with Gasteiger partial charge in [-0.3, -0.25) is 4.79 Å². The van der Waals surface area contributed by atoms with Crippen LogP contribution in [0.2, 0.25) is 5.02 Å². The maximum atomic E-state index is 13.3. The summed E-state index contributed by atoms with van der Waals surface area (Å²) < 4.78 is 39.4. The van der Waals surface area contributed by atoms with Crippen molar-refractivity contribution in [3.63, 3.8) is 0 Å².